The normalized spacial score (nSPS) is 25.4. The molecule has 142 valence electrons. The lowest BCUT2D eigenvalue weighted by molar-refractivity contribution is -0.200. The maximum Gasteiger partial charge on any atom is 0.248 e. The molecule has 1 aromatic carbocycles. The van der Waals surface area contributed by atoms with E-state index >= 15 is 0 Å². The van der Waals surface area contributed by atoms with Crippen LogP contribution in [-0.2, 0) is 20.8 Å². The van der Waals surface area contributed by atoms with E-state index in [1.54, 1.807) is 0 Å². The first-order chi connectivity index (χ1) is 12.6. The van der Waals surface area contributed by atoms with E-state index in [0.29, 0.717) is 6.61 Å². The number of carbonyl (C=O) groups excluding carboxylic acids is 1. The maximum absolute atomic E-state index is 12.2. The van der Waals surface area contributed by atoms with Gasteiger partial charge in [-0.25, -0.2) is 0 Å². The summed E-state index contributed by atoms with van der Waals surface area (Å²) >= 11 is 6.26. The van der Waals surface area contributed by atoms with Gasteiger partial charge in [-0.05, 0) is 30.9 Å². The van der Waals surface area contributed by atoms with Crippen LogP contribution in [0.1, 0.15) is 31.2 Å². The Morgan fingerprint density at radius 3 is 2.81 bits per heavy atom. The van der Waals surface area contributed by atoms with Gasteiger partial charge < -0.3 is 14.4 Å². The molecule has 26 heavy (non-hydrogen) atoms. The quantitative estimate of drug-likeness (QED) is 0.790. The summed E-state index contributed by atoms with van der Waals surface area (Å²) < 4.78 is 12.0. The zero-order chi connectivity index (χ0) is 18.0. The van der Waals surface area contributed by atoms with Crippen molar-refractivity contribution in [2.45, 2.75) is 43.9 Å². The predicted octanol–water partition coefficient (Wildman–Crippen LogP) is 2.71. The number of ether oxygens (including phenoxy) is 2. The van der Waals surface area contributed by atoms with E-state index in [-0.39, 0.29) is 24.2 Å². The molecule has 4 rings (SSSR count). The number of rotatable bonds is 5. The minimum Gasteiger partial charge on any atom is -0.372 e. The summed E-state index contributed by atoms with van der Waals surface area (Å²) in [6.07, 6.45) is 4.11. The molecule has 3 aliphatic rings. The largest absolute Gasteiger partial charge is 0.372 e. The molecule has 6 heteroatoms. The lowest BCUT2D eigenvalue weighted by atomic mass is 9.84. The van der Waals surface area contributed by atoms with Crippen molar-refractivity contribution in [2.75, 3.05) is 39.4 Å². The lowest BCUT2D eigenvalue weighted by Crippen LogP contribution is -2.65. The van der Waals surface area contributed by atoms with Crippen molar-refractivity contribution in [1.29, 1.82) is 0 Å². The van der Waals surface area contributed by atoms with Crippen LogP contribution in [0, 0.1) is 0 Å². The van der Waals surface area contributed by atoms with E-state index < -0.39 is 0 Å². The third-order valence-electron chi connectivity index (χ3n) is 5.72. The molecular formula is C20H27ClN2O3. The van der Waals surface area contributed by atoms with Crippen LogP contribution in [0.2, 0.25) is 5.02 Å². The summed E-state index contributed by atoms with van der Waals surface area (Å²) in [6.45, 7) is 5.35. The Bertz CT molecular complexity index is 642. The molecule has 1 aromatic rings. The number of hydrogen-bond donors (Lipinski definition) is 0. The van der Waals surface area contributed by atoms with E-state index in [2.05, 4.69) is 11.0 Å². The number of hydrogen-bond acceptors (Lipinski definition) is 4. The van der Waals surface area contributed by atoms with E-state index in [9.17, 15) is 4.79 Å². The molecule has 1 atom stereocenters. The minimum absolute atomic E-state index is 0.110. The first kappa shape index (κ1) is 18.2. The third-order valence-corrected chi connectivity index (χ3v) is 6.09. The van der Waals surface area contributed by atoms with Crippen molar-refractivity contribution in [3.8, 4) is 0 Å². The smallest absolute Gasteiger partial charge is 0.248 e. The van der Waals surface area contributed by atoms with Crippen LogP contribution in [0.4, 0.5) is 0 Å². The van der Waals surface area contributed by atoms with Gasteiger partial charge in [-0.2, -0.15) is 0 Å². The number of benzene rings is 1. The van der Waals surface area contributed by atoms with Crippen molar-refractivity contribution in [3.05, 3.63) is 34.9 Å². The van der Waals surface area contributed by atoms with Gasteiger partial charge in [0.25, 0.3) is 0 Å². The van der Waals surface area contributed by atoms with E-state index in [1.165, 1.54) is 0 Å². The summed E-state index contributed by atoms with van der Waals surface area (Å²) in [7, 11) is 0. The average molecular weight is 379 g/mol. The molecule has 0 radical (unpaired) electrons. The highest BCUT2D eigenvalue weighted by Crippen LogP contribution is 2.36. The zero-order valence-corrected chi connectivity index (χ0v) is 15.9. The number of nitrogens with zero attached hydrogens (tertiary/aromatic N) is 2. The standard InChI is InChI=1S/C20H27ClN2O3/c21-18-6-2-1-5-16(18)12-22-14-20(15-22)11-17(7-10-26-20)25-13-19(24)23-8-3-4-9-23/h1-2,5-6,17H,3-4,7-15H2/t17-/m0/s1. The van der Waals surface area contributed by atoms with Crippen LogP contribution in [0.3, 0.4) is 0 Å². The van der Waals surface area contributed by atoms with E-state index in [0.717, 1.165) is 69.0 Å². The Morgan fingerprint density at radius 2 is 2.04 bits per heavy atom. The predicted molar refractivity (Wildman–Crippen MR) is 100 cm³/mol. The molecule has 0 saturated carbocycles. The minimum atomic E-state index is -0.110. The summed E-state index contributed by atoms with van der Waals surface area (Å²) in [5.41, 5.74) is 1.05. The molecule has 3 saturated heterocycles. The first-order valence-electron chi connectivity index (χ1n) is 9.63. The van der Waals surface area contributed by atoms with Crippen LogP contribution < -0.4 is 0 Å². The molecule has 0 aliphatic carbocycles. The molecule has 1 spiro atoms. The van der Waals surface area contributed by atoms with Crippen LogP contribution in [-0.4, -0.2) is 66.8 Å². The molecule has 3 fully saturated rings. The van der Waals surface area contributed by atoms with Gasteiger partial charge in [-0.1, -0.05) is 29.8 Å². The SMILES string of the molecule is O=C(CO[C@H]1CCOC2(C1)CN(Cc1ccccc1Cl)C2)N1CCCC1. The Labute approximate surface area is 160 Å². The highest BCUT2D eigenvalue weighted by molar-refractivity contribution is 6.31. The van der Waals surface area contributed by atoms with Gasteiger partial charge in [0.15, 0.2) is 0 Å². The molecule has 0 N–H and O–H groups in total. The van der Waals surface area contributed by atoms with Crippen LogP contribution in [0.15, 0.2) is 24.3 Å². The molecular weight excluding hydrogens is 352 g/mol. The van der Waals surface area contributed by atoms with Gasteiger partial charge in [-0.3, -0.25) is 9.69 Å². The second-order valence-corrected chi connectivity index (χ2v) is 8.19. The van der Waals surface area contributed by atoms with Gasteiger partial charge in [0.2, 0.25) is 5.91 Å². The van der Waals surface area contributed by atoms with Gasteiger partial charge >= 0.3 is 0 Å². The molecule has 0 bridgehead atoms. The average Bonchev–Trinajstić information content (AvgIpc) is 3.15. The zero-order valence-electron chi connectivity index (χ0n) is 15.2. The summed E-state index contributed by atoms with van der Waals surface area (Å²) in [5.74, 6) is 0.136. The molecule has 0 aromatic heterocycles. The van der Waals surface area contributed by atoms with Gasteiger partial charge in [0, 0.05) is 50.8 Å². The molecule has 3 aliphatic heterocycles. The van der Waals surface area contributed by atoms with E-state index in [1.807, 2.05) is 23.1 Å². The van der Waals surface area contributed by atoms with Gasteiger partial charge in [-0.15, -0.1) is 0 Å². The number of carbonyl (C=O) groups is 1. The number of halogens is 1. The second kappa shape index (κ2) is 7.85. The molecule has 0 unspecified atom stereocenters. The third kappa shape index (κ3) is 4.06. The maximum atomic E-state index is 12.2. The van der Waals surface area contributed by atoms with Crippen molar-refractivity contribution >= 4 is 17.5 Å². The van der Waals surface area contributed by atoms with Gasteiger partial charge in [0.1, 0.15) is 6.61 Å². The fourth-order valence-electron chi connectivity index (χ4n) is 4.34. The van der Waals surface area contributed by atoms with Crippen molar-refractivity contribution in [3.63, 3.8) is 0 Å². The Kier molecular flexibility index (Phi) is 5.50. The fraction of sp³-hybridized carbons (Fsp3) is 0.650. The van der Waals surface area contributed by atoms with Crippen molar-refractivity contribution in [2.24, 2.45) is 0 Å². The number of amides is 1. The van der Waals surface area contributed by atoms with Crippen LogP contribution in [0.25, 0.3) is 0 Å². The highest BCUT2D eigenvalue weighted by Gasteiger charge is 2.47. The highest BCUT2D eigenvalue weighted by atomic mass is 35.5. The first-order valence-corrected chi connectivity index (χ1v) is 10.0. The molecule has 3 heterocycles. The number of likely N-dealkylation sites (tertiary alicyclic amines) is 2. The topological polar surface area (TPSA) is 42.0 Å². The summed E-state index contributed by atoms with van der Waals surface area (Å²) in [5, 5.41) is 0.819. The van der Waals surface area contributed by atoms with Gasteiger partial charge in [0.05, 0.1) is 11.7 Å². The van der Waals surface area contributed by atoms with E-state index in [4.69, 9.17) is 21.1 Å². The van der Waals surface area contributed by atoms with Crippen LogP contribution in [0.5, 0.6) is 0 Å². The van der Waals surface area contributed by atoms with Crippen LogP contribution >= 0.6 is 11.6 Å². The Morgan fingerprint density at radius 1 is 1.27 bits per heavy atom. The lowest BCUT2D eigenvalue weighted by Gasteiger charge is -2.53. The molecule has 5 nitrogen and oxygen atoms in total. The fourth-order valence-corrected chi connectivity index (χ4v) is 4.54. The van der Waals surface area contributed by atoms with Crippen molar-refractivity contribution in [1.82, 2.24) is 9.80 Å². The van der Waals surface area contributed by atoms with Crippen molar-refractivity contribution < 1.29 is 14.3 Å². The Balaban J connectivity index is 1.24. The monoisotopic (exact) mass is 378 g/mol. The Hall–Kier alpha value is -1.14. The summed E-state index contributed by atoms with van der Waals surface area (Å²) in [4.78, 5) is 16.4. The second-order valence-electron chi connectivity index (χ2n) is 7.78. The molecule has 1 amide bonds. The summed E-state index contributed by atoms with van der Waals surface area (Å²) in [6, 6.07) is 7.99.